The number of rotatable bonds is 1. The fraction of sp³-hybridized carbons (Fsp3) is 0.800. The number of allylic oxidation sites excluding steroid dienone is 2. The molecular formula is C15H22O. The minimum Gasteiger partial charge on any atom is -0.303 e. The van der Waals surface area contributed by atoms with Gasteiger partial charge in [0.15, 0.2) is 0 Å². The molecule has 2 fully saturated rings. The third kappa shape index (κ3) is 0.881. The lowest BCUT2D eigenvalue weighted by Gasteiger charge is -2.60. The van der Waals surface area contributed by atoms with Crippen LogP contribution in [0.15, 0.2) is 12.2 Å². The van der Waals surface area contributed by atoms with Crippen molar-refractivity contribution in [1.29, 1.82) is 0 Å². The van der Waals surface area contributed by atoms with E-state index in [1.165, 1.54) is 32.0 Å². The molecule has 4 rings (SSSR count). The lowest BCUT2D eigenvalue weighted by Crippen LogP contribution is -2.56. The van der Waals surface area contributed by atoms with Crippen LogP contribution in [0.4, 0.5) is 0 Å². The largest absolute Gasteiger partial charge is 0.303 e. The van der Waals surface area contributed by atoms with Crippen LogP contribution in [0, 0.1) is 28.1 Å². The second-order valence-corrected chi connectivity index (χ2v) is 6.79. The predicted octanol–water partition coefficient (Wildman–Crippen LogP) is 3.59. The molecule has 4 aliphatic carbocycles. The summed E-state index contributed by atoms with van der Waals surface area (Å²) < 4.78 is 0. The Labute approximate surface area is 98.3 Å². The van der Waals surface area contributed by atoms with Crippen LogP contribution < -0.4 is 0 Å². The van der Waals surface area contributed by atoms with Crippen molar-refractivity contribution in [2.75, 3.05) is 0 Å². The summed E-state index contributed by atoms with van der Waals surface area (Å²) in [6.45, 7) is 6.87. The normalized spacial score (nSPS) is 58.7. The van der Waals surface area contributed by atoms with Crippen LogP contribution in [0.3, 0.4) is 0 Å². The molecule has 0 radical (unpaired) electrons. The van der Waals surface area contributed by atoms with Crippen molar-refractivity contribution in [3.63, 3.8) is 0 Å². The van der Waals surface area contributed by atoms with Gasteiger partial charge in [0, 0.05) is 5.41 Å². The van der Waals surface area contributed by atoms with E-state index in [4.69, 9.17) is 0 Å². The first-order valence-electron chi connectivity index (χ1n) is 6.65. The van der Waals surface area contributed by atoms with Crippen LogP contribution in [-0.2, 0) is 4.79 Å². The standard InChI is InChI=1S/C15H22O/c1-11-4-5-12-14(3,10-16)13(2)6-8-15(11,12)9-7-13/h6,8,10-12H,4-5,7,9H2,1-3H3/t11-,12-,13+,14-,15+/m0/s1. The van der Waals surface area contributed by atoms with Crippen molar-refractivity contribution in [2.24, 2.45) is 28.1 Å². The highest BCUT2D eigenvalue weighted by atomic mass is 16.1. The smallest absolute Gasteiger partial charge is 0.127 e. The van der Waals surface area contributed by atoms with E-state index in [0.717, 1.165) is 5.92 Å². The zero-order chi connectivity index (χ0) is 11.6. The summed E-state index contributed by atoms with van der Waals surface area (Å²) >= 11 is 0. The van der Waals surface area contributed by atoms with Gasteiger partial charge in [-0.2, -0.15) is 0 Å². The SMILES string of the molecule is C[C@H]1CC[C@@H]2[C@@]13C=C[C@](C)(CC3)[C@@]2(C)C=O. The van der Waals surface area contributed by atoms with E-state index in [9.17, 15) is 4.79 Å². The van der Waals surface area contributed by atoms with Gasteiger partial charge in [-0.1, -0.05) is 32.9 Å². The van der Waals surface area contributed by atoms with E-state index in [0.29, 0.717) is 11.3 Å². The van der Waals surface area contributed by atoms with E-state index in [1.54, 1.807) is 0 Å². The van der Waals surface area contributed by atoms with Crippen LogP contribution in [0.2, 0.25) is 0 Å². The van der Waals surface area contributed by atoms with Crippen LogP contribution in [0.25, 0.3) is 0 Å². The Kier molecular flexibility index (Phi) is 1.85. The highest BCUT2D eigenvalue weighted by Crippen LogP contribution is 2.70. The maximum absolute atomic E-state index is 11.7. The fourth-order valence-electron chi connectivity index (χ4n) is 4.90. The molecule has 1 spiro atoms. The first-order chi connectivity index (χ1) is 7.48. The van der Waals surface area contributed by atoms with Gasteiger partial charge in [-0.25, -0.2) is 0 Å². The summed E-state index contributed by atoms with van der Waals surface area (Å²) in [6, 6.07) is 0. The topological polar surface area (TPSA) is 17.1 Å². The van der Waals surface area contributed by atoms with Crippen LogP contribution in [-0.4, -0.2) is 6.29 Å². The number of hydrogen-bond donors (Lipinski definition) is 0. The number of hydrogen-bond acceptors (Lipinski definition) is 1. The Morgan fingerprint density at radius 2 is 1.94 bits per heavy atom. The summed E-state index contributed by atoms with van der Waals surface area (Å²) in [5.74, 6) is 1.36. The Hall–Kier alpha value is -0.590. The Bertz CT molecular complexity index is 372. The van der Waals surface area contributed by atoms with Gasteiger partial charge < -0.3 is 4.79 Å². The zero-order valence-corrected chi connectivity index (χ0v) is 10.6. The molecule has 1 nitrogen and oxygen atoms in total. The van der Waals surface area contributed by atoms with Crippen molar-refractivity contribution >= 4 is 6.29 Å². The molecule has 0 aliphatic heterocycles. The first kappa shape index (κ1) is 10.6. The molecular weight excluding hydrogens is 196 g/mol. The van der Waals surface area contributed by atoms with Gasteiger partial charge in [-0.15, -0.1) is 0 Å². The van der Waals surface area contributed by atoms with Gasteiger partial charge in [0.25, 0.3) is 0 Å². The molecule has 0 amide bonds. The fourth-order valence-corrected chi connectivity index (χ4v) is 4.90. The molecule has 0 aromatic rings. The molecule has 2 saturated carbocycles. The third-order valence-corrected chi connectivity index (χ3v) is 6.49. The molecule has 88 valence electrons. The zero-order valence-electron chi connectivity index (χ0n) is 10.6. The van der Waals surface area contributed by atoms with Gasteiger partial charge in [-0.05, 0) is 48.3 Å². The number of carbonyl (C=O) groups is 1. The molecule has 0 saturated heterocycles. The Balaban J connectivity index is 2.19. The van der Waals surface area contributed by atoms with E-state index in [-0.39, 0.29) is 10.8 Å². The third-order valence-electron chi connectivity index (χ3n) is 6.49. The molecule has 2 bridgehead atoms. The minimum absolute atomic E-state index is 0.116. The number of carbonyl (C=O) groups excluding carboxylic acids is 1. The van der Waals surface area contributed by atoms with Crippen molar-refractivity contribution in [3.05, 3.63) is 12.2 Å². The molecule has 4 aliphatic rings. The van der Waals surface area contributed by atoms with Gasteiger partial charge in [0.1, 0.15) is 6.29 Å². The first-order valence-corrected chi connectivity index (χ1v) is 6.65. The van der Waals surface area contributed by atoms with E-state index in [1.807, 2.05) is 0 Å². The quantitative estimate of drug-likeness (QED) is 0.485. The summed E-state index contributed by atoms with van der Waals surface area (Å²) in [6.07, 6.45) is 11.2. The molecule has 1 heteroatoms. The minimum atomic E-state index is -0.120. The molecule has 0 unspecified atom stereocenters. The van der Waals surface area contributed by atoms with Crippen molar-refractivity contribution < 1.29 is 4.79 Å². The highest BCUT2D eigenvalue weighted by molar-refractivity contribution is 5.64. The maximum atomic E-state index is 11.7. The molecule has 5 atom stereocenters. The average molecular weight is 218 g/mol. The molecule has 16 heavy (non-hydrogen) atoms. The molecule has 0 aromatic carbocycles. The second kappa shape index (κ2) is 2.80. The maximum Gasteiger partial charge on any atom is 0.127 e. The lowest BCUT2D eigenvalue weighted by atomic mass is 9.42. The predicted molar refractivity (Wildman–Crippen MR) is 65.0 cm³/mol. The number of fused-ring (bicyclic) bond motifs is 1. The van der Waals surface area contributed by atoms with Crippen LogP contribution in [0.1, 0.15) is 46.5 Å². The van der Waals surface area contributed by atoms with Gasteiger partial charge in [-0.3, -0.25) is 0 Å². The van der Waals surface area contributed by atoms with Gasteiger partial charge in [0.05, 0.1) is 0 Å². The summed E-state index contributed by atoms with van der Waals surface area (Å²) in [4.78, 5) is 11.7. The van der Waals surface area contributed by atoms with Crippen LogP contribution in [0.5, 0.6) is 0 Å². The highest BCUT2D eigenvalue weighted by Gasteiger charge is 2.65. The van der Waals surface area contributed by atoms with E-state index < -0.39 is 0 Å². The Morgan fingerprint density at radius 1 is 1.19 bits per heavy atom. The molecule has 0 heterocycles. The summed E-state index contributed by atoms with van der Waals surface area (Å²) in [5.41, 5.74) is 0.351. The number of aldehydes is 1. The molecule has 0 aromatic heterocycles. The van der Waals surface area contributed by atoms with Gasteiger partial charge in [0.2, 0.25) is 0 Å². The van der Waals surface area contributed by atoms with E-state index in [2.05, 4.69) is 32.9 Å². The second-order valence-electron chi connectivity index (χ2n) is 6.79. The summed E-state index contributed by atoms with van der Waals surface area (Å²) in [7, 11) is 0. The Morgan fingerprint density at radius 3 is 2.50 bits per heavy atom. The van der Waals surface area contributed by atoms with Crippen molar-refractivity contribution in [1.82, 2.24) is 0 Å². The monoisotopic (exact) mass is 218 g/mol. The van der Waals surface area contributed by atoms with Crippen molar-refractivity contribution in [3.8, 4) is 0 Å². The molecule has 0 N–H and O–H groups in total. The lowest BCUT2D eigenvalue weighted by molar-refractivity contribution is -0.138. The van der Waals surface area contributed by atoms with Crippen LogP contribution >= 0.6 is 0 Å². The summed E-state index contributed by atoms with van der Waals surface area (Å²) in [5, 5.41) is 0. The van der Waals surface area contributed by atoms with E-state index >= 15 is 0 Å². The average Bonchev–Trinajstić information content (AvgIpc) is 2.61. The van der Waals surface area contributed by atoms with Crippen molar-refractivity contribution in [2.45, 2.75) is 46.5 Å². The van der Waals surface area contributed by atoms with Gasteiger partial charge >= 0.3 is 0 Å².